The van der Waals surface area contributed by atoms with Crippen LogP contribution < -0.4 is 28.7 Å². The van der Waals surface area contributed by atoms with Crippen molar-refractivity contribution in [1.29, 1.82) is 0 Å². The second kappa shape index (κ2) is 11.6. The van der Waals surface area contributed by atoms with Crippen molar-refractivity contribution in [1.82, 2.24) is 10.0 Å². The van der Waals surface area contributed by atoms with Gasteiger partial charge in [0, 0.05) is 25.7 Å². The molecule has 206 valence electrons. The lowest BCUT2D eigenvalue weighted by atomic mass is 10.0. The largest absolute Gasteiger partial charge is 0.497 e. The highest BCUT2D eigenvalue weighted by Gasteiger charge is 2.34. The SMILES string of the molecule is COc1ccc(N(C)C(=O)[C@H](Cc2ccccc2)NC(=O)NS(=O)(=O)N2CCc3cc(OC)cc(C)c32)cc1. The number of benzene rings is 3. The third kappa shape index (κ3) is 6.26. The van der Waals surface area contributed by atoms with Crippen molar-refractivity contribution in [2.75, 3.05) is 37.0 Å². The Bertz CT molecular complexity index is 1440. The van der Waals surface area contributed by atoms with Crippen LogP contribution in [0.2, 0.25) is 0 Å². The molecule has 0 radical (unpaired) electrons. The molecule has 1 heterocycles. The summed E-state index contributed by atoms with van der Waals surface area (Å²) in [6.07, 6.45) is 0.650. The molecule has 1 atom stereocenters. The van der Waals surface area contributed by atoms with Gasteiger partial charge in [-0.1, -0.05) is 30.3 Å². The molecule has 1 aliphatic heterocycles. The standard InChI is InChI=1S/C28H32N4O6S/c1-19-16-24(38-4)18-21-14-15-32(26(19)21)39(35,36)30-28(34)29-25(17-20-8-6-5-7-9-20)27(33)31(2)22-10-12-23(37-3)13-11-22/h5-13,16,18,25H,14-15,17H2,1-4H3,(H2,29,30,34)/t25-/m0/s1. The summed E-state index contributed by atoms with van der Waals surface area (Å²) in [6, 6.07) is 17.6. The first-order valence-electron chi connectivity index (χ1n) is 12.4. The molecular formula is C28H32N4O6S. The topological polar surface area (TPSA) is 117 Å². The minimum Gasteiger partial charge on any atom is -0.497 e. The fourth-order valence-corrected chi connectivity index (χ4v) is 5.87. The Morgan fingerprint density at radius 1 is 1.00 bits per heavy atom. The molecule has 11 heteroatoms. The van der Waals surface area contributed by atoms with E-state index in [9.17, 15) is 18.0 Å². The number of fused-ring (bicyclic) bond motifs is 1. The summed E-state index contributed by atoms with van der Waals surface area (Å²) < 4.78 is 40.2. The molecule has 3 amide bonds. The Morgan fingerprint density at radius 3 is 2.31 bits per heavy atom. The first-order chi connectivity index (χ1) is 18.6. The summed E-state index contributed by atoms with van der Waals surface area (Å²) in [4.78, 5) is 27.9. The maximum atomic E-state index is 13.5. The normalized spacial score (nSPS) is 13.3. The number of nitrogens with zero attached hydrogens (tertiary/aromatic N) is 2. The van der Waals surface area contributed by atoms with Gasteiger partial charge in [-0.25, -0.2) is 9.52 Å². The van der Waals surface area contributed by atoms with Crippen molar-refractivity contribution in [3.63, 3.8) is 0 Å². The van der Waals surface area contributed by atoms with Crippen LogP contribution >= 0.6 is 0 Å². The summed E-state index contributed by atoms with van der Waals surface area (Å²) in [7, 11) is 0.449. The highest BCUT2D eigenvalue weighted by Crippen LogP contribution is 2.36. The van der Waals surface area contributed by atoms with Crippen LogP contribution in [-0.4, -0.2) is 54.2 Å². The van der Waals surface area contributed by atoms with Crippen LogP contribution in [0.15, 0.2) is 66.7 Å². The van der Waals surface area contributed by atoms with Gasteiger partial charge in [-0.3, -0.25) is 9.10 Å². The number of hydrogen-bond acceptors (Lipinski definition) is 6. The number of aryl methyl sites for hydroxylation is 1. The number of carbonyl (C=O) groups is 2. The molecule has 3 aromatic carbocycles. The third-order valence-corrected chi connectivity index (χ3v) is 8.00. The van der Waals surface area contributed by atoms with Crippen LogP contribution in [-0.2, 0) is 27.8 Å². The van der Waals surface area contributed by atoms with Crippen molar-refractivity contribution in [2.24, 2.45) is 0 Å². The maximum Gasteiger partial charge on any atom is 0.330 e. The molecule has 0 fully saturated rings. The van der Waals surface area contributed by atoms with Gasteiger partial charge in [-0.15, -0.1) is 0 Å². The summed E-state index contributed by atoms with van der Waals surface area (Å²) in [5.74, 6) is 0.866. The smallest absolute Gasteiger partial charge is 0.330 e. The fraction of sp³-hybridized carbons (Fsp3) is 0.286. The van der Waals surface area contributed by atoms with Gasteiger partial charge in [0.2, 0.25) is 5.91 Å². The molecule has 1 aliphatic rings. The Morgan fingerprint density at radius 2 is 1.67 bits per heavy atom. The Hall–Kier alpha value is -4.25. The van der Waals surface area contributed by atoms with Gasteiger partial charge in [0.25, 0.3) is 0 Å². The highest BCUT2D eigenvalue weighted by atomic mass is 32.2. The zero-order valence-electron chi connectivity index (χ0n) is 22.3. The van der Waals surface area contributed by atoms with Gasteiger partial charge in [0.05, 0.1) is 19.9 Å². The first kappa shape index (κ1) is 27.8. The number of methoxy groups -OCH3 is 2. The molecule has 0 bridgehead atoms. The Kier molecular flexibility index (Phi) is 8.29. The van der Waals surface area contributed by atoms with E-state index in [4.69, 9.17) is 9.47 Å². The number of nitrogens with one attached hydrogen (secondary N) is 2. The van der Waals surface area contributed by atoms with E-state index in [2.05, 4.69) is 10.0 Å². The minimum absolute atomic E-state index is 0.166. The lowest BCUT2D eigenvalue weighted by molar-refractivity contribution is -0.120. The molecule has 0 spiro atoms. The predicted octanol–water partition coefficient (Wildman–Crippen LogP) is 3.19. The first-order valence-corrected chi connectivity index (χ1v) is 13.8. The lowest BCUT2D eigenvalue weighted by Gasteiger charge is -2.26. The second-order valence-corrected chi connectivity index (χ2v) is 10.8. The third-order valence-electron chi connectivity index (χ3n) is 6.61. The Labute approximate surface area is 228 Å². The number of anilines is 2. The highest BCUT2D eigenvalue weighted by molar-refractivity contribution is 7.91. The number of ether oxygens (including phenoxy) is 2. The van der Waals surface area contributed by atoms with Crippen LogP contribution in [0.4, 0.5) is 16.2 Å². The van der Waals surface area contributed by atoms with E-state index < -0.39 is 28.2 Å². The zero-order valence-corrected chi connectivity index (χ0v) is 23.1. The van der Waals surface area contributed by atoms with E-state index in [-0.39, 0.29) is 13.0 Å². The maximum absolute atomic E-state index is 13.5. The van der Waals surface area contributed by atoms with Gasteiger partial charge in [0.1, 0.15) is 17.5 Å². The molecule has 0 aliphatic carbocycles. The van der Waals surface area contributed by atoms with Crippen LogP contribution in [0.1, 0.15) is 16.7 Å². The van der Waals surface area contributed by atoms with Gasteiger partial charge in [-0.05, 0) is 66.4 Å². The van der Waals surface area contributed by atoms with E-state index in [1.165, 1.54) is 9.21 Å². The summed E-state index contributed by atoms with van der Waals surface area (Å²) in [5, 5.41) is 2.58. The number of rotatable bonds is 9. The molecule has 0 aromatic heterocycles. The molecule has 0 saturated carbocycles. The van der Waals surface area contributed by atoms with E-state index in [1.807, 2.05) is 30.3 Å². The second-order valence-electron chi connectivity index (χ2n) is 9.19. The fourth-order valence-electron chi connectivity index (χ4n) is 4.63. The molecule has 0 saturated heterocycles. The van der Waals surface area contributed by atoms with E-state index in [0.717, 1.165) is 11.1 Å². The van der Waals surface area contributed by atoms with Crippen LogP contribution in [0, 0.1) is 6.92 Å². The molecule has 2 N–H and O–H groups in total. The van der Waals surface area contributed by atoms with E-state index in [1.54, 1.807) is 64.6 Å². The van der Waals surface area contributed by atoms with Crippen molar-refractivity contribution >= 4 is 33.5 Å². The van der Waals surface area contributed by atoms with Gasteiger partial charge in [-0.2, -0.15) is 8.42 Å². The number of urea groups is 1. The van der Waals surface area contributed by atoms with E-state index >= 15 is 0 Å². The average Bonchev–Trinajstić information content (AvgIpc) is 3.38. The quantitative estimate of drug-likeness (QED) is 0.421. The minimum atomic E-state index is -4.25. The van der Waals surface area contributed by atoms with Crippen molar-refractivity contribution in [3.05, 3.63) is 83.4 Å². The summed E-state index contributed by atoms with van der Waals surface area (Å²) in [5.41, 5.74) is 3.45. The van der Waals surface area contributed by atoms with Gasteiger partial charge >= 0.3 is 16.2 Å². The zero-order chi connectivity index (χ0) is 28.2. The van der Waals surface area contributed by atoms with Crippen molar-refractivity contribution < 1.29 is 27.5 Å². The summed E-state index contributed by atoms with van der Waals surface area (Å²) >= 11 is 0. The molecule has 10 nitrogen and oxygen atoms in total. The molecule has 4 rings (SSSR count). The molecule has 0 unspecified atom stereocenters. The Balaban J connectivity index is 1.53. The number of hydrogen-bond donors (Lipinski definition) is 2. The van der Waals surface area contributed by atoms with Crippen LogP contribution in [0.5, 0.6) is 11.5 Å². The predicted molar refractivity (Wildman–Crippen MR) is 150 cm³/mol. The van der Waals surface area contributed by atoms with Crippen molar-refractivity contribution in [2.45, 2.75) is 25.8 Å². The number of likely N-dealkylation sites (N-methyl/N-ethyl adjacent to an activating group) is 1. The number of amides is 3. The van der Waals surface area contributed by atoms with Crippen LogP contribution in [0.25, 0.3) is 0 Å². The lowest BCUT2D eigenvalue weighted by Crippen LogP contribution is -2.54. The molecule has 39 heavy (non-hydrogen) atoms. The van der Waals surface area contributed by atoms with Crippen molar-refractivity contribution in [3.8, 4) is 11.5 Å². The molecule has 3 aromatic rings. The summed E-state index contributed by atoms with van der Waals surface area (Å²) in [6.45, 7) is 1.97. The molecular weight excluding hydrogens is 520 g/mol. The van der Waals surface area contributed by atoms with E-state index in [0.29, 0.717) is 34.9 Å². The number of carbonyl (C=O) groups excluding carboxylic acids is 2. The van der Waals surface area contributed by atoms with Gasteiger partial charge in [0.15, 0.2) is 0 Å². The van der Waals surface area contributed by atoms with Crippen LogP contribution in [0.3, 0.4) is 0 Å². The average molecular weight is 553 g/mol. The monoisotopic (exact) mass is 552 g/mol. The van der Waals surface area contributed by atoms with Gasteiger partial charge < -0.3 is 19.7 Å².